The van der Waals surface area contributed by atoms with E-state index < -0.39 is 17.7 Å². The summed E-state index contributed by atoms with van der Waals surface area (Å²) < 4.78 is 5.68. The van der Waals surface area contributed by atoms with Gasteiger partial charge in [-0.25, -0.2) is 4.79 Å². The molecule has 29 heavy (non-hydrogen) atoms. The third-order valence-corrected chi connectivity index (χ3v) is 5.50. The molecule has 1 aliphatic heterocycles. The summed E-state index contributed by atoms with van der Waals surface area (Å²) >= 11 is 0. The molecular weight excluding hydrogens is 368 g/mol. The Morgan fingerprint density at radius 2 is 1.72 bits per heavy atom. The predicted octanol–water partition coefficient (Wildman–Crippen LogP) is 3.86. The van der Waals surface area contributed by atoms with Crippen molar-refractivity contribution >= 4 is 11.9 Å². The maximum atomic E-state index is 12.4. The Bertz CT molecular complexity index is 736. The molecule has 2 rings (SSSR count). The van der Waals surface area contributed by atoms with Crippen LogP contribution >= 0.6 is 0 Å². The van der Waals surface area contributed by atoms with E-state index in [2.05, 4.69) is 52.1 Å². The molecule has 6 heteroatoms. The van der Waals surface area contributed by atoms with Crippen LogP contribution < -0.4 is 10.1 Å². The van der Waals surface area contributed by atoms with Crippen LogP contribution in [0.25, 0.3) is 0 Å². The normalized spacial score (nSPS) is 21.3. The van der Waals surface area contributed by atoms with E-state index in [0.717, 1.165) is 11.3 Å². The number of urea groups is 1. The molecule has 0 radical (unpaired) electrons. The van der Waals surface area contributed by atoms with Crippen LogP contribution in [0.1, 0.15) is 66.9 Å². The van der Waals surface area contributed by atoms with Gasteiger partial charge in [-0.1, -0.05) is 53.7 Å². The number of carbonyl (C=O) groups excluding carboxylic acids is 2. The second-order valence-electron chi connectivity index (χ2n) is 10.1. The zero-order valence-corrected chi connectivity index (χ0v) is 18.8. The largest absolute Gasteiger partial charge is 0.491 e. The van der Waals surface area contributed by atoms with Crippen molar-refractivity contribution in [2.45, 2.75) is 78.4 Å². The molecule has 162 valence electrons. The quantitative estimate of drug-likeness (QED) is 0.645. The van der Waals surface area contributed by atoms with E-state index in [9.17, 15) is 14.7 Å². The van der Waals surface area contributed by atoms with Gasteiger partial charge in [0, 0.05) is 0 Å². The van der Waals surface area contributed by atoms with Crippen LogP contribution in [-0.4, -0.2) is 46.7 Å². The number of nitrogens with zero attached hydrogens (tertiary/aromatic N) is 1. The summed E-state index contributed by atoms with van der Waals surface area (Å²) in [5, 5.41) is 12.9. The Morgan fingerprint density at radius 3 is 2.21 bits per heavy atom. The van der Waals surface area contributed by atoms with Gasteiger partial charge in [-0.05, 0) is 48.3 Å². The number of hydrogen-bond acceptors (Lipinski definition) is 4. The minimum Gasteiger partial charge on any atom is -0.491 e. The van der Waals surface area contributed by atoms with Crippen molar-refractivity contribution in [1.29, 1.82) is 0 Å². The lowest BCUT2D eigenvalue weighted by molar-refractivity contribution is -0.132. The van der Waals surface area contributed by atoms with E-state index >= 15 is 0 Å². The molecular formula is C23H36N2O4. The van der Waals surface area contributed by atoms with E-state index in [-0.39, 0.29) is 29.9 Å². The maximum Gasteiger partial charge on any atom is 0.325 e. The fraction of sp³-hybridized carbons (Fsp3) is 0.652. The number of ether oxygens (including phenoxy) is 1. The number of hydrogen-bond donors (Lipinski definition) is 2. The molecule has 3 amide bonds. The number of aliphatic hydroxyl groups is 1. The summed E-state index contributed by atoms with van der Waals surface area (Å²) in [6.45, 7) is 14.6. The van der Waals surface area contributed by atoms with Crippen LogP contribution in [0.15, 0.2) is 24.3 Å². The number of β-amino-alcohol motifs (C(OH)–C–C–N with tert-alkyl or cyclic N) is 1. The SMILES string of the molecule is CCC1(C)NC(=O)N(CC(O)COc2ccc(C(C)(C)CC(C)(C)C)cc2)C1=O. The van der Waals surface area contributed by atoms with Crippen molar-refractivity contribution in [3.05, 3.63) is 29.8 Å². The van der Waals surface area contributed by atoms with E-state index in [0.29, 0.717) is 12.2 Å². The Kier molecular flexibility index (Phi) is 6.68. The Hall–Kier alpha value is -2.08. The number of imide groups is 1. The lowest BCUT2D eigenvalue weighted by Gasteiger charge is -2.33. The van der Waals surface area contributed by atoms with Crippen molar-refractivity contribution in [3.8, 4) is 5.75 Å². The summed E-state index contributed by atoms with van der Waals surface area (Å²) in [4.78, 5) is 25.5. The maximum absolute atomic E-state index is 12.4. The first-order valence-corrected chi connectivity index (χ1v) is 10.3. The molecule has 1 aliphatic rings. The fourth-order valence-electron chi connectivity index (χ4n) is 4.04. The smallest absolute Gasteiger partial charge is 0.325 e. The number of benzene rings is 1. The standard InChI is InChI=1S/C23H36N2O4/c1-8-23(7)19(27)25(20(28)24-23)13-17(26)14-29-18-11-9-16(10-12-18)22(5,6)15-21(2,3)4/h9-12,17,26H,8,13-15H2,1-7H3,(H,24,28). The number of rotatable bonds is 8. The van der Waals surface area contributed by atoms with Gasteiger partial charge in [0.25, 0.3) is 5.91 Å². The van der Waals surface area contributed by atoms with Crippen LogP contribution in [-0.2, 0) is 10.2 Å². The number of amides is 3. The third kappa shape index (κ3) is 5.72. The van der Waals surface area contributed by atoms with Gasteiger partial charge < -0.3 is 15.2 Å². The topological polar surface area (TPSA) is 78.9 Å². The van der Waals surface area contributed by atoms with E-state index in [1.807, 2.05) is 19.1 Å². The van der Waals surface area contributed by atoms with Crippen molar-refractivity contribution < 1.29 is 19.4 Å². The van der Waals surface area contributed by atoms with Gasteiger partial charge in [-0.15, -0.1) is 0 Å². The highest BCUT2D eigenvalue weighted by Crippen LogP contribution is 2.36. The van der Waals surface area contributed by atoms with E-state index in [1.165, 1.54) is 5.56 Å². The number of carbonyl (C=O) groups is 2. The summed E-state index contributed by atoms with van der Waals surface area (Å²) in [7, 11) is 0. The summed E-state index contributed by atoms with van der Waals surface area (Å²) in [5.41, 5.74) is 0.619. The van der Waals surface area contributed by atoms with Crippen LogP contribution in [0.4, 0.5) is 4.79 Å². The van der Waals surface area contributed by atoms with Crippen molar-refractivity contribution in [1.82, 2.24) is 10.2 Å². The molecule has 1 saturated heterocycles. The van der Waals surface area contributed by atoms with Crippen LogP contribution in [0.2, 0.25) is 0 Å². The highest BCUT2D eigenvalue weighted by atomic mass is 16.5. The third-order valence-electron chi connectivity index (χ3n) is 5.50. The number of nitrogens with one attached hydrogen (secondary N) is 1. The molecule has 1 fully saturated rings. The molecule has 2 atom stereocenters. The second-order valence-corrected chi connectivity index (χ2v) is 10.1. The molecule has 2 unspecified atom stereocenters. The minimum absolute atomic E-state index is 0.00459. The zero-order valence-electron chi connectivity index (χ0n) is 18.8. The average molecular weight is 405 g/mol. The molecule has 1 aromatic rings. The molecule has 2 N–H and O–H groups in total. The first-order valence-electron chi connectivity index (χ1n) is 10.3. The molecule has 0 aromatic heterocycles. The van der Waals surface area contributed by atoms with Crippen LogP contribution in [0, 0.1) is 5.41 Å². The summed E-state index contributed by atoms with van der Waals surface area (Å²) in [6.07, 6.45) is 0.598. The van der Waals surface area contributed by atoms with Gasteiger partial charge in [0.2, 0.25) is 0 Å². The van der Waals surface area contributed by atoms with E-state index in [1.54, 1.807) is 6.92 Å². The van der Waals surface area contributed by atoms with Crippen molar-refractivity contribution in [2.24, 2.45) is 5.41 Å². The summed E-state index contributed by atoms with van der Waals surface area (Å²) in [5.74, 6) is 0.337. The highest BCUT2D eigenvalue weighted by molar-refractivity contribution is 6.06. The fourth-order valence-corrected chi connectivity index (χ4v) is 4.04. The minimum atomic E-state index is -0.957. The average Bonchev–Trinajstić information content (AvgIpc) is 2.82. The van der Waals surface area contributed by atoms with Gasteiger partial charge in [-0.3, -0.25) is 9.69 Å². The lowest BCUT2D eigenvalue weighted by atomic mass is 9.72. The van der Waals surface area contributed by atoms with Crippen LogP contribution in [0.3, 0.4) is 0 Å². The molecule has 0 bridgehead atoms. The van der Waals surface area contributed by atoms with E-state index in [4.69, 9.17) is 4.74 Å². The van der Waals surface area contributed by atoms with Gasteiger partial charge >= 0.3 is 6.03 Å². The second kappa shape index (κ2) is 8.34. The van der Waals surface area contributed by atoms with Gasteiger partial charge in [0.1, 0.15) is 24.0 Å². The predicted molar refractivity (Wildman–Crippen MR) is 114 cm³/mol. The molecule has 0 spiro atoms. The molecule has 1 heterocycles. The highest BCUT2D eigenvalue weighted by Gasteiger charge is 2.46. The molecule has 1 aromatic carbocycles. The zero-order chi connectivity index (χ0) is 22.0. The monoisotopic (exact) mass is 404 g/mol. The summed E-state index contributed by atoms with van der Waals surface area (Å²) in [6, 6.07) is 7.43. The van der Waals surface area contributed by atoms with Gasteiger partial charge in [0.15, 0.2) is 0 Å². The Labute approximate surface area is 174 Å². The molecule has 6 nitrogen and oxygen atoms in total. The first kappa shape index (κ1) is 23.2. The van der Waals surface area contributed by atoms with Crippen molar-refractivity contribution in [3.63, 3.8) is 0 Å². The lowest BCUT2D eigenvalue weighted by Crippen LogP contribution is -2.44. The first-order chi connectivity index (χ1) is 13.3. The Balaban J connectivity index is 1.92. The Morgan fingerprint density at radius 1 is 1.14 bits per heavy atom. The van der Waals surface area contributed by atoms with Gasteiger partial charge in [0.05, 0.1) is 6.54 Å². The van der Waals surface area contributed by atoms with Gasteiger partial charge in [-0.2, -0.15) is 0 Å². The molecule has 0 saturated carbocycles. The van der Waals surface area contributed by atoms with Crippen molar-refractivity contribution in [2.75, 3.05) is 13.2 Å². The number of aliphatic hydroxyl groups excluding tert-OH is 1. The van der Waals surface area contributed by atoms with Crippen LogP contribution in [0.5, 0.6) is 5.75 Å². The molecule has 0 aliphatic carbocycles.